The van der Waals surface area contributed by atoms with Crippen LogP contribution >= 0.6 is 11.8 Å². The van der Waals surface area contributed by atoms with Crippen molar-refractivity contribution < 1.29 is 9.90 Å². The minimum Gasteiger partial charge on any atom is -0.396 e. The van der Waals surface area contributed by atoms with Crippen LogP contribution in [0.15, 0.2) is 23.1 Å². The van der Waals surface area contributed by atoms with Crippen molar-refractivity contribution in [3.63, 3.8) is 0 Å². The van der Waals surface area contributed by atoms with Crippen molar-refractivity contribution in [3.8, 4) is 0 Å². The van der Waals surface area contributed by atoms with E-state index in [1.807, 2.05) is 25.1 Å². The molecule has 15 heavy (non-hydrogen) atoms. The van der Waals surface area contributed by atoms with Crippen LogP contribution in [0.25, 0.3) is 0 Å². The molecular weight excluding hydrogens is 210 g/mol. The molecule has 1 amide bonds. The Kier molecular flexibility index (Phi) is 2.98. The highest BCUT2D eigenvalue weighted by Gasteiger charge is 2.22. The van der Waals surface area contributed by atoms with Crippen LogP contribution < -0.4 is 5.32 Å². The van der Waals surface area contributed by atoms with Crippen molar-refractivity contribution in [1.29, 1.82) is 0 Å². The maximum absolute atomic E-state index is 11.4. The topological polar surface area (TPSA) is 49.3 Å². The van der Waals surface area contributed by atoms with E-state index < -0.39 is 0 Å². The van der Waals surface area contributed by atoms with Gasteiger partial charge >= 0.3 is 0 Å². The molecule has 0 saturated heterocycles. The number of carbonyl (C=O) groups excluding carboxylic acids is 1. The molecule has 0 spiro atoms. The monoisotopic (exact) mass is 223 g/mol. The second kappa shape index (κ2) is 4.24. The summed E-state index contributed by atoms with van der Waals surface area (Å²) < 4.78 is 0. The van der Waals surface area contributed by atoms with E-state index in [1.54, 1.807) is 11.8 Å². The Balaban J connectivity index is 2.29. The highest BCUT2D eigenvalue weighted by molar-refractivity contribution is 8.00. The fourth-order valence-electron chi connectivity index (χ4n) is 1.53. The zero-order valence-electron chi connectivity index (χ0n) is 8.49. The molecule has 0 fully saturated rings. The van der Waals surface area contributed by atoms with E-state index in [0.717, 1.165) is 16.1 Å². The molecule has 1 heterocycles. The molecule has 0 radical (unpaired) electrons. The predicted molar refractivity (Wildman–Crippen MR) is 61.2 cm³/mol. The smallest absolute Gasteiger partial charge is 0.237 e. The lowest BCUT2D eigenvalue weighted by molar-refractivity contribution is -0.115. The molecule has 4 heteroatoms. The van der Waals surface area contributed by atoms with Crippen molar-refractivity contribution in [2.24, 2.45) is 0 Å². The van der Waals surface area contributed by atoms with Crippen molar-refractivity contribution >= 4 is 23.4 Å². The molecule has 1 aliphatic rings. The Bertz CT molecular complexity index is 392. The Labute approximate surface area is 92.9 Å². The van der Waals surface area contributed by atoms with Gasteiger partial charge in [-0.3, -0.25) is 4.79 Å². The van der Waals surface area contributed by atoms with E-state index in [0.29, 0.717) is 6.42 Å². The third kappa shape index (κ3) is 2.16. The van der Waals surface area contributed by atoms with Crippen LogP contribution in [-0.2, 0) is 11.2 Å². The summed E-state index contributed by atoms with van der Waals surface area (Å²) in [6, 6.07) is 5.87. The van der Waals surface area contributed by atoms with Gasteiger partial charge in [-0.2, -0.15) is 0 Å². The molecule has 0 aromatic heterocycles. The lowest BCUT2D eigenvalue weighted by Gasteiger charge is -2.21. The zero-order chi connectivity index (χ0) is 10.8. The lowest BCUT2D eigenvalue weighted by Crippen LogP contribution is -2.26. The lowest BCUT2D eigenvalue weighted by atomic mass is 10.1. The van der Waals surface area contributed by atoms with Gasteiger partial charge in [0.15, 0.2) is 0 Å². The van der Waals surface area contributed by atoms with E-state index in [-0.39, 0.29) is 17.8 Å². The zero-order valence-corrected chi connectivity index (χ0v) is 9.30. The Hall–Kier alpha value is -1.00. The van der Waals surface area contributed by atoms with Crippen LogP contribution in [0.3, 0.4) is 0 Å². The van der Waals surface area contributed by atoms with Crippen LogP contribution in [0, 0.1) is 0 Å². The summed E-state index contributed by atoms with van der Waals surface area (Å²) in [4.78, 5) is 12.5. The second-order valence-electron chi connectivity index (χ2n) is 3.55. The number of rotatable bonds is 2. The van der Waals surface area contributed by atoms with Crippen LogP contribution in [0.1, 0.15) is 12.5 Å². The minimum absolute atomic E-state index is 0.0399. The Morgan fingerprint density at radius 1 is 1.53 bits per heavy atom. The molecule has 2 N–H and O–H groups in total. The summed E-state index contributed by atoms with van der Waals surface area (Å²) in [5.74, 6) is 0.0578. The number of carbonyl (C=O) groups is 1. The summed E-state index contributed by atoms with van der Waals surface area (Å²) >= 11 is 1.57. The van der Waals surface area contributed by atoms with Crippen LogP contribution in [0.5, 0.6) is 0 Å². The average Bonchev–Trinajstić information content (AvgIpc) is 2.21. The number of aliphatic hydroxyl groups excluding tert-OH is 1. The third-order valence-corrected chi connectivity index (χ3v) is 3.54. The first kappa shape index (κ1) is 10.5. The molecule has 3 nitrogen and oxygen atoms in total. The molecule has 80 valence electrons. The first-order chi connectivity index (χ1) is 7.20. The van der Waals surface area contributed by atoms with Gasteiger partial charge in [0.1, 0.15) is 0 Å². The van der Waals surface area contributed by atoms with Gasteiger partial charge in [-0.25, -0.2) is 0 Å². The van der Waals surface area contributed by atoms with E-state index in [9.17, 15) is 4.79 Å². The van der Waals surface area contributed by atoms with Gasteiger partial charge in [0, 0.05) is 11.5 Å². The van der Waals surface area contributed by atoms with E-state index in [2.05, 4.69) is 5.32 Å². The van der Waals surface area contributed by atoms with Crippen molar-refractivity contribution in [2.75, 3.05) is 11.9 Å². The summed E-state index contributed by atoms with van der Waals surface area (Å²) in [7, 11) is 0. The van der Waals surface area contributed by atoms with Gasteiger partial charge in [-0.15, -0.1) is 11.8 Å². The molecule has 1 unspecified atom stereocenters. The standard InChI is InChI=1S/C11H13NO2S/c1-7-11(14)12-9-3-2-8(4-5-13)6-10(9)15-7/h2-3,6-7,13H,4-5H2,1H3,(H,12,14). The summed E-state index contributed by atoms with van der Waals surface area (Å²) in [5.41, 5.74) is 1.98. The molecule has 0 bridgehead atoms. The fourth-order valence-corrected chi connectivity index (χ4v) is 2.54. The third-order valence-electron chi connectivity index (χ3n) is 2.38. The predicted octanol–water partition coefficient (Wildman–Crippen LogP) is 1.65. The van der Waals surface area contributed by atoms with Gasteiger partial charge in [-0.1, -0.05) is 6.07 Å². The summed E-state index contributed by atoms with van der Waals surface area (Å²) in [5, 5.41) is 11.7. The molecule has 1 atom stereocenters. The largest absolute Gasteiger partial charge is 0.396 e. The average molecular weight is 223 g/mol. The maximum atomic E-state index is 11.4. The van der Waals surface area contributed by atoms with Crippen molar-refractivity contribution in [1.82, 2.24) is 0 Å². The van der Waals surface area contributed by atoms with Gasteiger partial charge < -0.3 is 10.4 Å². The molecule has 0 aliphatic carbocycles. The van der Waals surface area contributed by atoms with Crippen molar-refractivity contribution in [3.05, 3.63) is 23.8 Å². The van der Waals surface area contributed by atoms with Gasteiger partial charge in [-0.05, 0) is 31.0 Å². The first-order valence-corrected chi connectivity index (χ1v) is 5.80. The molecule has 1 aliphatic heterocycles. The summed E-state index contributed by atoms with van der Waals surface area (Å²) in [6.45, 7) is 2.05. The number of hydrogen-bond donors (Lipinski definition) is 2. The van der Waals surface area contributed by atoms with E-state index >= 15 is 0 Å². The molecular formula is C11H13NO2S. The number of anilines is 1. The number of thioether (sulfide) groups is 1. The number of benzene rings is 1. The number of aliphatic hydroxyl groups is 1. The molecule has 0 saturated carbocycles. The van der Waals surface area contributed by atoms with Gasteiger partial charge in [0.25, 0.3) is 0 Å². The number of hydrogen-bond acceptors (Lipinski definition) is 3. The quantitative estimate of drug-likeness (QED) is 0.801. The van der Waals surface area contributed by atoms with Crippen LogP contribution in [0.4, 0.5) is 5.69 Å². The molecule has 1 aromatic rings. The summed E-state index contributed by atoms with van der Waals surface area (Å²) in [6.07, 6.45) is 0.663. The number of nitrogens with one attached hydrogen (secondary N) is 1. The SMILES string of the molecule is CC1Sc2cc(CCO)ccc2NC1=O. The minimum atomic E-state index is -0.0399. The van der Waals surface area contributed by atoms with Crippen LogP contribution in [-0.4, -0.2) is 22.9 Å². The van der Waals surface area contributed by atoms with Crippen molar-refractivity contribution in [2.45, 2.75) is 23.5 Å². The number of fused-ring (bicyclic) bond motifs is 1. The highest BCUT2D eigenvalue weighted by atomic mass is 32.2. The molecule has 1 aromatic carbocycles. The first-order valence-electron chi connectivity index (χ1n) is 4.92. The van der Waals surface area contributed by atoms with E-state index in [4.69, 9.17) is 5.11 Å². The second-order valence-corrected chi connectivity index (χ2v) is 4.94. The fraction of sp³-hybridized carbons (Fsp3) is 0.364. The number of amides is 1. The highest BCUT2D eigenvalue weighted by Crippen LogP contribution is 2.35. The van der Waals surface area contributed by atoms with Crippen LogP contribution in [0.2, 0.25) is 0 Å². The van der Waals surface area contributed by atoms with E-state index in [1.165, 1.54) is 0 Å². The normalized spacial score (nSPS) is 19.6. The van der Waals surface area contributed by atoms with Gasteiger partial charge in [0.05, 0.1) is 10.9 Å². The maximum Gasteiger partial charge on any atom is 0.237 e. The molecule has 2 rings (SSSR count). The van der Waals surface area contributed by atoms with Gasteiger partial charge in [0.2, 0.25) is 5.91 Å². The Morgan fingerprint density at radius 3 is 3.07 bits per heavy atom. The Morgan fingerprint density at radius 2 is 2.33 bits per heavy atom.